The summed E-state index contributed by atoms with van der Waals surface area (Å²) < 4.78 is 9.39. The minimum Gasteiger partial charge on any atom is -0.600 e. The molecule has 0 spiro atoms. The summed E-state index contributed by atoms with van der Waals surface area (Å²) in [6.07, 6.45) is -0.753. The van der Waals surface area contributed by atoms with Crippen LogP contribution in [0.2, 0.25) is 0 Å². The van der Waals surface area contributed by atoms with Gasteiger partial charge in [0, 0.05) is 12.1 Å². The van der Waals surface area contributed by atoms with Gasteiger partial charge in [-0.15, -0.1) is 0 Å². The van der Waals surface area contributed by atoms with Gasteiger partial charge in [0.15, 0.2) is 6.08 Å². The molecule has 0 amide bonds. The molecule has 17 heavy (non-hydrogen) atoms. The Kier molecular flexibility index (Phi) is 3.29. The van der Waals surface area contributed by atoms with Gasteiger partial charge in [0.1, 0.15) is 9.90 Å². The van der Waals surface area contributed by atoms with Gasteiger partial charge in [-0.05, 0) is 6.61 Å². The van der Waals surface area contributed by atoms with Gasteiger partial charge in [0.25, 0.3) is 5.69 Å². The smallest absolute Gasteiger partial charge is 0.416 e. The average molecular weight is 234 g/mol. The van der Waals surface area contributed by atoms with Gasteiger partial charge in [-0.1, -0.05) is 25.1 Å². The quantitative estimate of drug-likeness (QED) is 0.414. The van der Waals surface area contributed by atoms with E-state index in [2.05, 4.69) is 20.1 Å². The fraction of sp³-hybridized carbons (Fsp3) is 0.200. The van der Waals surface area contributed by atoms with Gasteiger partial charge >= 0.3 is 6.01 Å². The predicted molar refractivity (Wildman–Crippen MR) is 54.6 cm³/mol. The maximum atomic E-state index is 11.0. The van der Waals surface area contributed by atoms with E-state index in [0.717, 1.165) is 0 Å². The largest absolute Gasteiger partial charge is 0.600 e. The van der Waals surface area contributed by atoms with Crippen molar-refractivity contribution in [1.82, 2.24) is 10.4 Å². The Morgan fingerprint density at radius 1 is 1.47 bits per heavy atom. The summed E-state index contributed by atoms with van der Waals surface area (Å²) in [5.74, 6) is 0. The van der Waals surface area contributed by atoms with Crippen molar-refractivity contribution in [2.45, 2.75) is 6.92 Å². The van der Waals surface area contributed by atoms with E-state index in [1.165, 1.54) is 4.80 Å². The van der Waals surface area contributed by atoms with E-state index >= 15 is 0 Å². The number of aromatic nitrogens is 3. The Balaban J connectivity index is 2.19. The molecule has 1 heterocycles. The highest BCUT2D eigenvalue weighted by molar-refractivity contribution is 5.64. The predicted octanol–water partition coefficient (Wildman–Crippen LogP) is -0.269. The molecule has 0 saturated carbocycles. The van der Waals surface area contributed by atoms with Crippen molar-refractivity contribution < 1.29 is 19.2 Å². The third kappa shape index (κ3) is 2.77. The lowest BCUT2D eigenvalue weighted by molar-refractivity contribution is -0.724. The molecule has 0 N–H and O–H groups in total. The molecule has 0 unspecified atom stereocenters. The minimum absolute atomic E-state index is 0.146. The zero-order valence-corrected chi connectivity index (χ0v) is 9.11. The van der Waals surface area contributed by atoms with Crippen LogP contribution in [0.4, 0.5) is 6.01 Å². The summed E-state index contributed by atoms with van der Waals surface area (Å²) in [5.41, 5.74) is 0.710. The Hall–Kier alpha value is -2.44. The van der Waals surface area contributed by atoms with Crippen LogP contribution in [0.5, 0.6) is 0 Å². The van der Waals surface area contributed by atoms with Crippen LogP contribution in [0.1, 0.15) is 6.92 Å². The molecule has 7 heteroatoms. The second kappa shape index (κ2) is 5.06. The number of benzene rings is 1. The second-order valence-corrected chi connectivity index (χ2v) is 2.99. The van der Waals surface area contributed by atoms with Crippen LogP contribution in [0, 0.1) is 0 Å². The lowest BCUT2D eigenvalue weighted by Gasteiger charge is -2.07. The fourth-order valence-corrected chi connectivity index (χ4v) is 1.14. The van der Waals surface area contributed by atoms with E-state index in [1.54, 1.807) is 19.1 Å². The van der Waals surface area contributed by atoms with E-state index in [0.29, 0.717) is 5.69 Å². The van der Waals surface area contributed by atoms with Crippen LogP contribution in [0.25, 0.3) is 5.69 Å². The molecule has 1 aromatic carbocycles. The van der Waals surface area contributed by atoms with Gasteiger partial charge in [0.2, 0.25) is 5.27 Å². The van der Waals surface area contributed by atoms with Crippen molar-refractivity contribution in [3.63, 3.8) is 0 Å². The van der Waals surface area contributed by atoms with Crippen molar-refractivity contribution >= 4 is 12.1 Å². The van der Waals surface area contributed by atoms with Crippen LogP contribution in [-0.2, 0) is 4.74 Å². The molecule has 0 aliphatic carbocycles. The van der Waals surface area contributed by atoms with E-state index in [-0.39, 0.29) is 12.6 Å². The van der Waals surface area contributed by atoms with Gasteiger partial charge in [-0.3, -0.25) is 4.52 Å². The Morgan fingerprint density at radius 3 is 2.94 bits per heavy atom. The van der Waals surface area contributed by atoms with Gasteiger partial charge in [0.05, 0.1) is 0 Å². The summed E-state index contributed by atoms with van der Waals surface area (Å²) >= 11 is 0. The van der Waals surface area contributed by atoms with E-state index in [1.807, 2.05) is 18.2 Å². The van der Waals surface area contributed by atoms with Gasteiger partial charge in [-0.25, -0.2) is 0 Å². The van der Waals surface area contributed by atoms with Crippen molar-refractivity contribution in [1.29, 1.82) is 0 Å². The maximum absolute atomic E-state index is 11.0. The lowest BCUT2D eigenvalue weighted by atomic mass is 10.3. The molecule has 0 fully saturated rings. The third-order valence-corrected chi connectivity index (χ3v) is 1.82. The van der Waals surface area contributed by atoms with Crippen molar-refractivity contribution in [3.05, 3.63) is 30.3 Å². The lowest BCUT2D eigenvalue weighted by Crippen LogP contribution is -2.35. The fourth-order valence-electron chi connectivity index (χ4n) is 1.14. The highest BCUT2D eigenvalue weighted by Gasteiger charge is 2.15. The summed E-state index contributed by atoms with van der Waals surface area (Å²) in [7, 11) is 0. The molecule has 7 nitrogen and oxygen atoms in total. The standard InChI is InChI=1S/C10H10N4O3/c1-2-16-10(15)11-9-12-14(13-17-9)8-6-4-3-5-7-8/h3-7H,2H2,1H3. The average Bonchev–Trinajstić information content (AvgIpc) is 2.79. The molecule has 0 atom stereocenters. The molecule has 0 aliphatic heterocycles. The first kappa shape index (κ1) is 11.1. The number of aliphatic imine (C=N–C) groups is 1. The van der Waals surface area contributed by atoms with Crippen molar-refractivity contribution in [2.24, 2.45) is 4.99 Å². The monoisotopic (exact) mass is 234 g/mol. The topological polar surface area (TPSA) is 87.5 Å². The Bertz CT molecular complexity index is 509. The molecular weight excluding hydrogens is 224 g/mol. The highest BCUT2D eigenvalue weighted by Crippen LogP contribution is 2.03. The maximum Gasteiger partial charge on any atom is 0.416 e. The molecule has 0 aliphatic rings. The Morgan fingerprint density at radius 2 is 2.24 bits per heavy atom. The zero-order valence-electron chi connectivity index (χ0n) is 9.11. The van der Waals surface area contributed by atoms with Gasteiger partial charge in [-0.2, -0.15) is 4.99 Å². The molecule has 2 rings (SSSR count). The number of hydrogen-bond acceptors (Lipinski definition) is 6. The second-order valence-electron chi connectivity index (χ2n) is 2.99. The summed E-state index contributed by atoms with van der Waals surface area (Å²) in [4.78, 5) is 4.71. The molecule has 0 saturated heterocycles. The molecule has 2 aromatic rings. The number of ether oxygens (including phenoxy) is 1. The molecule has 0 radical (unpaired) electrons. The summed E-state index contributed by atoms with van der Waals surface area (Å²) in [6.45, 7) is 1.93. The molecule has 88 valence electrons. The van der Waals surface area contributed by atoms with Gasteiger partial charge < -0.3 is 9.84 Å². The normalized spacial score (nSPS) is 11.5. The van der Waals surface area contributed by atoms with Crippen molar-refractivity contribution in [2.75, 3.05) is 6.61 Å². The first-order valence-corrected chi connectivity index (χ1v) is 5.00. The molecule has 0 bridgehead atoms. The van der Waals surface area contributed by atoms with Crippen LogP contribution in [0.15, 0.2) is 39.8 Å². The third-order valence-electron chi connectivity index (χ3n) is 1.82. The zero-order chi connectivity index (χ0) is 12.1. The molecule has 1 aromatic heterocycles. The number of rotatable bonds is 3. The van der Waals surface area contributed by atoms with E-state index in [4.69, 9.17) is 4.52 Å². The first-order chi connectivity index (χ1) is 8.29. The first-order valence-electron chi connectivity index (χ1n) is 5.00. The van der Waals surface area contributed by atoms with E-state index < -0.39 is 6.08 Å². The molecular formula is C10H10N4O3. The van der Waals surface area contributed by atoms with Crippen LogP contribution >= 0.6 is 0 Å². The van der Waals surface area contributed by atoms with Crippen molar-refractivity contribution in [3.8, 4) is 5.69 Å². The van der Waals surface area contributed by atoms with Crippen LogP contribution in [-0.4, -0.2) is 23.1 Å². The number of nitrogens with zero attached hydrogens (tertiary/aromatic N) is 4. The number of hydrogen-bond donors (Lipinski definition) is 0. The van der Waals surface area contributed by atoms with E-state index in [9.17, 15) is 5.11 Å². The summed E-state index contributed by atoms with van der Waals surface area (Å²) in [5, 5.41) is 18.5. The van der Waals surface area contributed by atoms with Crippen LogP contribution in [0.3, 0.4) is 0 Å². The number of para-hydroxylation sites is 1. The van der Waals surface area contributed by atoms with Crippen LogP contribution < -0.4 is 9.90 Å². The highest BCUT2D eigenvalue weighted by atomic mass is 16.6. The summed E-state index contributed by atoms with van der Waals surface area (Å²) in [6, 6.07) is 8.98. The minimum atomic E-state index is -0.753. The Labute approximate surface area is 96.9 Å². The SMILES string of the molecule is CCO/C([O-])=N/c1n[n+](-c2ccccc2)no1.